The average molecular weight is 486 g/mol. The number of aliphatic hydroxyl groups is 1. The Kier molecular flexibility index (Phi) is 6.45. The number of fused-ring (bicyclic) bond motifs is 1. The third-order valence-corrected chi connectivity index (χ3v) is 7.22. The van der Waals surface area contributed by atoms with Gasteiger partial charge in [0.25, 0.3) is 5.91 Å². The fraction of sp³-hybridized carbons (Fsp3) is 0.357. The van der Waals surface area contributed by atoms with E-state index in [0.717, 1.165) is 52.1 Å². The summed E-state index contributed by atoms with van der Waals surface area (Å²) in [4.78, 5) is 23.5. The number of carbonyl (C=O) groups excluding carboxylic acids is 1. The standard InChI is InChI=1S/C28H31N5O3/c1-16-6-5-7-21(17(16)2)26-24(36-4)14-23-27(30-26)25(32-31-23)20-8-9-22(29-15-20)19-10-12-33(13-11-19)28(35)18(3)34/h5-9,14-15,18-19,34H,10-13H2,1-4H3,(H,31,32). The summed E-state index contributed by atoms with van der Waals surface area (Å²) in [6.45, 7) is 6.97. The van der Waals surface area contributed by atoms with Crippen molar-refractivity contribution in [2.75, 3.05) is 20.2 Å². The van der Waals surface area contributed by atoms with Gasteiger partial charge in [-0.1, -0.05) is 18.2 Å². The Balaban J connectivity index is 1.43. The van der Waals surface area contributed by atoms with Crippen molar-refractivity contribution in [3.63, 3.8) is 0 Å². The van der Waals surface area contributed by atoms with Crippen LogP contribution in [0.15, 0.2) is 42.6 Å². The molecule has 1 aromatic carbocycles. The zero-order chi connectivity index (χ0) is 25.4. The Bertz CT molecular complexity index is 1400. The first-order valence-electron chi connectivity index (χ1n) is 12.3. The van der Waals surface area contributed by atoms with E-state index in [-0.39, 0.29) is 11.8 Å². The smallest absolute Gasteiger partial charge is 0.251 e. The number of hydrogen-bond donors (Lipinski definition) is 2. The number of nitrogens with zero attached hydrogens (tertiary/aromatic N) is 4. The van der Waals surface area contributed by atoms with E-state index in [1.54, 1.807) is 12.0 Å². The van der Waals surface area contributed by atoms with E-state index < -0.39 is 6.10 Å². The van der Waals surface area contributed by atoms with Crippen molar-refractivity contribution in [3.05, 3.63) is 59.4 Å². The predicted octanol–water partition coefficient (Wildman–Crippen LogP) is 4.40. The Labute approximate surface area is 210 Å². The summed E-state index contributed by atoms with van der Waals surface area (Å²) in [5.41, 5.74) is 8.40. The van der Waals surface area contributed by atoms with E-state index in [4.69, 9.17) is 14.7 Å². The first-order valence-corrected chi connectivity index (χ1v) is 12.3. The van der Waals surface area contributed by atoms with Crippen molar-refractivity contribution in [2.45, 2.75) is 45.6 Å². The lowest BCUT2D eigenvalue weighted by Gasteiger charge is -2.32. The lowest BCUT2D eigenvalue weighted by atomic mass is 9.92. The minimum Gasteiger partial charge on any atom is -0.494 e. The minimum atomic E-state index is -0.952. The quantitative estimate of drug-likeness (QED) is 0.434. The Hall–Kier alpha value is -3.78. The van der Waals surface area contributed by atoms with Crippen LogP contribution in [0, 0.1) is 13.8 Å². The number of carbonyl (C=O) groups is 1. The van der Waals surface area contributed by atoms with Crippen molar-refractivity contribution < 1.29 is 14.6 Å². The molecule has 4 aromatic rings. The molecule has 1 aliphatic rings. The van der Waals surface area contributed by atoms with E-state index in [9.17, 15) is 9.90 Å². The maximum atomic E-state index is 12.1. The van der Waals surface area contributed by atoms with Gasteiger partial charge in [0, 0.05) is 48.1 Å². The van der Waals surface area contributed by atoms with Gasteiger partial charge < -0.3 is 14.7 Å². The van der Waals surface area contributed by atoms with Gasteiger partial charge in [-0.3, -0.25) is 14.9 Å². The van der Waals surface area contributed by atoms with Gasteiger partial charge in [0.05, 0.1) is 12.6 Å². The highest BCUT2D eigenvalue weighted by atomic mass is 16.5. The number of hydrogen-bond acceptors (Lipinski definition) is 6. The van der Waals surface area contributed by atoms with Crippen LogP contribution in [0.3, 0.4) is 0 Å². The van der Waals surface area contributed by atoms with Crippen molar-refractivity contribution in [1.29, 1.82) is 0 Å². The molecule has 0 saturated carbocycles. The molecule has 1 saturated heterocycles. The highest BCUT2D eigenvalue weighted by Crippen LogP contribution is 2.36. The molecular weight excluding hydrogens is 454 g/mol. The van der Waals surface area contributed by atoms with E-state index in [0.29, 0.717) is 18.8 Å². The third-order valence-electron chi connectivity index (χ3n) is 7.22. The molecule has 1 fully saturated rings. The second kappa shape index (κ2) is 9.70. The summed E-state index contributed by atoms with van der Waals surface area (Å²) in [5.74, 6) is 0.776. The highest BCUT2D eigenvalue weighted by molar-refractivity contribution is 5.93. The van der Waals surface area contributed by atoms with Gasteiger partial charge in [-0.05, 0) is 56.9 Å². The number of benzene rings is 1. The Morgan fingerprint density at radius 3 is 2.61 bits per heavy atom. The number of aliphatic hydroxyl groups excluding tert-OH is 1. The molecule has 4 heterocycles. The number of piperidine rings is 1. The number of ether oxygens (including phenoxy) is 1. The van der Waals surface area contributed by atoms with Gasteiger partial charge in [-0.2, -0.15) is 5.10 Å². The third kappa shape index (κ3) is 4.33. The zero-order valence-corrected chi connectivity index (χ0v) is 21.1. The zero-order valence-electron chi connectivity index (χ0n) is 21.1. The van der Waals surface area contributed by atoms with Gasteiger partial charge in [0.15, 0.2) is 0 Å². The number of rotatable bonds is 5. The van der Waals surface area contributed by atoms with E-state index >= 15 is 0 Å². The molecular formula is C28H31N5O3. The Morgan fingerprint density at radius 1 is 1.17 bits per heavy atom. The van der Waals surface area contributed by atoms with E-state index in [1.807, 2.05) is 30.5 Å². The molecule has 0 bridgehead atoms. The first-order chi connectivity index (χ1) is 17.4. The van der Waals surface area contributed by atoms with Crippen LogP contribution >= 0.6 is 0 Å². The van der Waals surface area contributed by atoms with Crippen LogP contribution in [-0.2, 0) is 4.79 Å². The maximum Gasteiger partial charge on any atom is 0.251 e. The van der Waals surface area contributed by atoms with Crippen molar-refractivity contribution in [3.8, 4) is 28.3 Å². The summed E-state index contributed by atoms with van der Waals surface area (Å²) in [5, 5.41) is 17.2. The van der Waals surface area contributed by atoms with Crippen LogP contribution in [0.2, 0.25) is 0 Å². The second-order valence-corrected chi connectivity index (χ2v) is 9.50. The summed E-state index contributed by atoms with van der Waals surface area (Å²) < 4.78 is 5.67. The number of aryl methyl sites for hydroxylation is 1. The van der Waals surface area contributed by atoms with Crippen molar-refractivity contribution in [2.24, 2.45) is 0 Å². The van der Waals surface area contributed by atoms with Crippen LogP contribution in [0.4, 0.5) is 0 Å². The summed E-state index contributed by atoms with van der Waals surface area (Å²) >= 11 is 0. The van der Waals surface area contributed by atoms with Crippen molar-refractivity contribution in [1.82, 2.24) is 25.1 Å². The molecule has 3 aromatic heterocycles. The lowest BCUT2D eigenvalue weighted by Crippen LogP contribution is -2.42. The van der Waals surface area contributed by atoms with Crippen LogP contribution < -0.4 is 4.74 Å². The monoisotopic (exact) mass is 485 g/mol. The number of aromatic amines is 1. The molecule has 8 heteroatoms. The molecule has 8 nitrogen and oxygen atoms in total. The molecule has 0 spiro atoms. The number of likely N-dealkylation sites (tertiary alicyclic amines) is 1. The minimum absolute atomic E-state index is 0.202. The van der Waals surface area contributed by atoms with Gasteiger partial charge in [-0.25, -0.2) is 4.98 Å². The van der Waals surface area contributed by atoms with Crippen LogP contribution in [0.1, 0.15) is 42.5 Å². The van der Waals surface area contributed by atoms with Crippen molar-refractivity contribution >= 4 is 16.9 Å². The van der Waals surface area contributed by atoms with Gasteiger partial charge in [0.1, 0.15) is 28.8 Å². The number of nitrogens with one attached hydrogen (secondary N) is 1. The summed E-state index contributed by atoms with van der Waals surface area (Å²) in [6.07, 6.45) is 2.56. The first kappa shape index (κ1) is 23.9. The average Bonchev–Trinajstić information content (AvgIpc) is 3.32. The lowest BCUT2D eigenvalue weighted by molar-refractivity contribution is -0.140. The van der Waals surface area contributed by atoms with E-state index in [2.05, 4.69) is 36.2 Å². The van der Waals surface area contributed by atoms with Crippen LogP contribution in [-0.4, -0.2) is 62.4 Å². The Morgan fingerprint density at radius 2 is 1.94 bits per heavy atom. The molecule has 2 N–H and O–H groups in total. The topological polar surface area (TPSA) is 104 Å². The number of H-pyrrole nitrogens is 1. The molecule has 1 amide bonds. The summed E-state index contributed by atoms with van der Waals surface area (Å²) in [6, 6.07) is 12.2. The van der Waals surface area contributed by atoms with E-state index in [1.165, 1.54) is 18.1 Å². The maximum absolute atomic E-state index is 12.1. The number of methoxy groups -OCH3 is 1. The van der Waals surface area contributed by atoms with Gasteiger partial charge >= 0.3 is 0 Å². The number of aromatic nitrogens is 4. The van der Waals surface area contributed by atoms with Gasteiger partial charge in [-0.15, -0.1) is 0 Å². The summed E-state index contributed by atoms with van der Waals surface area (Å²) in [7, 11) is 1.65. The highest BCUT2D eigenvalue weighted by Gasteiger charge is 2.26. The molecule has 0 aliphatic carbocycles. The second-order valence-electron chi connectivity index (χ2n) is 9.50. The van der Waals surface area contributed by atoms with Gasteiger partial charge in [0.2, 0.25) is 0 Å². The molecule has 5 rings (SSSR count). The fourth-order valence-corrected chi connectivity index (χ4v) is 4.93. The molecule has 186 valence electrons. The number of amides is 1. The molecule has 36 heavy (non-hydrogen) atoms. The number of pyridine rings is 2. The molecule has 1 unspecified atom stereocenters. The SMILES string of the molecule is COc1cc2[nH]nc(-c3ccc(C4CCN(C(=O)C(C)O)CC4)nc3)c2nc1-c1cccc(C)c1C. The molecule has 1 atom stereocenters. The predicted molar refractivity (Wildman–Crippen MR) is 139 cm³/mol. The largest absolute Gasteiger partial charge is 0.494 e. The van der Waals surface area contributed by atoms with Crippen LogP contribution in [0.25, 0.3) is 33.5 Å². The van der Waals surface area contributed by atoms with Crippen LogP contribution in [0.5, 0.6) is 5.75 Å². The molecule has 0 radical (unpaired) electrons. The normalized spacial score (nSPS) is 15.3. The fourth-order valence-electron chi connectivity index (χ4n) is 4.93. The molecule has 1 aliphatic heterocycles.